The highest BCUT2D eigenvalue weighted by atomic mass is 15.3. The van der Waals surface area contributed by atoms with E-state index in [-0.39, 0.29) is 17.1 Å². The minimum atomic E-state index is -1.41. The summed E-state index contributed by atoms with van der Waals surface area (Å²) in [4.78, 5) is 23.6. The molecule has 1 aromatic heterocycles. The second-order valence-corrected chi connectivity index (χ2v) is 16.3. The normalized spacial score (nSPS) is 37.1. The lowest BCUT2D eigenvalue weighted by atomic mass is 9.50. The largest absolute Gasteiger partial charge is 0.351 e. The summed E-state index contributed by atoms with van der Waals surface area (Å²) in [6.07, 6.45) is 13.3. The molecular formula is C33H54N8. The average Bonchev–Trinajstić information content (AvgIpc) is 3.06. The van der Waals surface area contributed by atoms with Crippen molar-refractivity contribution < 1.29 is 0 Å². The van der Waals surface area contributed by atoms with Crippen molar-refractivity contribution in [3.63, 3.8) is 0 Å². The maximum Gasteiger partial charge on any atom is 0.226 e. The lowest BCUT2D eigenvalue weighted by Crippen LogP contribution is -2.80. The third-order valence-electron chi connectivity index (χ3n) is 11.4. The van der Waals surface area contributed by atoms with Gasteiger partial charge in [0.1, 0.15) is 5.82 Å². The number of piperidine rings is 2. The number of rotatable bonds is 3. The fraction of sp³-hybridized carbons (Fsp3) is 0.879. The minimum Gasteiger partial charge on any atom is -0.351 e. The van der Waals surface area contributed by atoms with E-state index in [1.807, 2.05) is 0 Å². The van der Waals surface area contributed by atoms with Gasteiger partial charge in [0.25, 0.3) is 0 Å². The molecule has 8 nitrogen and oxygen atoms in total. The number of fused-ring (bicyclic) bond motifs is 4. The van der Waals surface area contributed by atoms with Crippen LogP contribution >= 0.6 is 0 Å². The molecule has 5 aliphatic rings. The quantitative estimate of drug-likeness (QED) is 0.489. The van der Waals surface area contributed by atoms with Gasteiger partial charge >= 0.3 is 0 Å². The fourth-order valence-corrected chi connectivity index (χ4v) is 10.1. The van der Waals surface area contributed by atoms with Crippen molar-refractivity contribution in [3.8, 4) is 0 Å². The molecule has 2 N–H and O–H groups in total. The molecule has 41 heavy (non-hydrogen) atoms. The molecule has 0 aromatic carbocycles. The first-order chi connectivity index (χ1) is 19.1. The van der Waals surface area contributed by atoms with Gasteiger partial charge in [-0.3, -0.25) is 9.89 Å². The Morgan fingerprint density at radius 2 is 1.41 bits per heavy atom. The molecule has 226 valence electrons. The molecule has 6 rings (SSSR count). The van der Waals surface area contributed by atoms with Gasteiger partial charge in [0, 0.05) is 22.7 Å². The summed E-state index contributed by atoms with van der Waals surface area (Å²) in [6, 6.07) is 0.477. The highest BCUT2D eigenvalue weighted by Crippen LogP contribution is 2.63. The number of anilines is 1. The number of aliphatic imine (C=N–C) groups is 1. The SMILES string of the molecule is CC1(C)CC(N=C2C(C)(C)N3CCCCCCC4(c5nc(NC6CCCCC6)nc(n5)C24[N])C3(C)C)CC(C)(C)N1. The van der Waals surface area contributed by atoms with Gasteiger partial charge in [-0.25, -0.2) is 4.98 Å². The highest BCUT2D eigenvalue weighted by molar-refractivity contribution is 6.04. The van der Waals surface area contributed by atoms with Crippen LogP contribution in [0.2, 0.25) is 0 Å². The number of nitrogens with zero attached hydrogens (tertiary/aromatic N) is 6. The molecule has 4 fully saturated rings. The van der Waals surface area contributed by atoms with Crippen molar-refractivity contribution in [2.24, 2.45) is 4.99 Å². The predicted molar refractivity (Wildman–Crippen MR) is 166 cm³/mol. The summed E-state index contributed by atoms with van der Waals surface area (Å²) in [6.45, 7) is 19.3. The van der Waals surface area contributed by atoms with Gasteiger partial charge in [0.05, 0.1) is 22.7 Å². The van der Waals surface area contributed by atoms with Crippen LogP contribution in [0, 0.1) is 0 Å². The van der Waals surface area contributed by atoms with Crippen molar-refractivity contribution in [2.45, 2.75) is 178 Å². The van der Waals surface area contributed by atoms with Crippen LogP contribution in [-0.4, -0.2) is 66.3 Å². The summed E-state index contributed by atoms with van der Waals surface area (Å²) >= 11 is 0. The zero-order valence-electron chi connectivity index (χ0n) is 27.0. The van der Waals surface area contributed by atoms with Gasteiger partial charge in [-0.15, -0.1) is 5.73 Å². The Balaban J connectivity index is 1.55. The van der Waals surface area contributed by atoms with Gasteiger partial charge in [0.15, 0.2) is 11.4 Å². The average molecular weight is 563 g/mol. The second-order valence-electron chi connectivity index (χ2n) is 16.3. The molecule has 3 saturated heterocycles. The van der Waals surface area contributed by atoms with Crippen molar-refractivity contribution in [2.75, 3.05) is 11.9 Å². The summed E-state index contributed by atoms with van der Waals surface area (Å²) in [5.74, 6) is 1.90. The predicted octanol–water partition coefficient (Wildman–Crippen LogP) is 5.72. The van der Waals surface area contributed by atoms with E-state index in [2.05, 4.69) is 70.9 Å². The lowest BCUT2D eigenvalue weighted by molar-refractivity contribution is -0.0615. The van der Waals surface area contributed by atoms with Gasteiger partial charge in [-0.2, -0.15) is 9.97 Å². The van der Waals surface area contributed by atoms with E-state index in [4.69, 9.17) is 19.9 Å². The summed E-state index contributed by atoms with van der Waals surface area (Å²) in [7, 11) is 0. The minimum absolute atomic E-state index is 0.0424. The van der Waals surface area contributed by atoms with Crippen LogP contribution in [0.1, 0.15) is 144 Å². The van der Waals surface area contributed by atoms with Gasteiger partial charge in [0.2, 0.25) is 5.95 Å². The third kappa shape index (κ3) is 4.48. The van der Waals surface area contributed by atoms with E-state index in [0.29, 0.717) is 17.8 Å². The topological polar surface area (TPSA) is 101 Å². The van der Waals surface area contributed by atoms with Crippen LogP contribution < -0.4 is 16.4 Å². The molecule has 0 amide bonds. The number of hydrogen-bond donors (Lipinski definition) is 2. The van der Waals surface area contributed by atoms with Gasteiger partial charge in [-0.1, -0.05) is 38.5 Å². The number of aromatic nitrogens is 3. The molecule has 4 aliphatic heterocycles. The molecule has 8 heteroatoms. The van der Waals surface area contributed by atoms with Crippen LogP contribution in [-0.2, 0) is 11.0 Å². The monoisotopic (exact) mass is 562 g/mol. The van der Waals surface area contributed by atoms with Gasteiger partial charge in [-0.05, 0) is 100 Å². The van der Waals surface area contributed by atoms with Gasteiger partial charge < -0.3 is 10.6 Å². The van der Waals surface area contributed by atoms with Crippen LogP contribution in [0.15, 0.2) is 4.99 Å². The maximum atomic E-state index is 13.5. The van der Waals surface area contributed by atoms with Crippen LogP contribution in [0.5, 0.6) is 0 Å². The molecular weight excluding hydrogens is 508 g/mol. The van der Waals surface area contributed by atoms with Crippen molar-refractivity contribution >= 4 is 11.7 Å². The van der Waals surface area contributed by atoms with E-state index in [9.17, 15) is 5.73 Å². The van der Waals surface area contributed by atoms with Crippen molar-refractivity contribution in [1.82, 2.24) is 30.9 Å². The lowest BCUT2D eigenvalue weighted by Gasteiger charge is -2.65. The molecule has 1 spiro atoms. The number of nitrogens with one attached hydrogen (secondary N) is 2. The third-order valence-corrected chi connectivity index (χ3v) is 11.4. The van der Waals surface area contributed by atoms with Crippen LogP contribution in [0.4, 0.5) is 5.95 Å². The Kier molecular flexibility index (Phi) is 6.95. The van der Waals surface area contributed by atoms with E-state index in [1.165, 1.54) is 25.7 Å². The number of hydrogen-bond acceptors (Lipinski definition) is 7. The molecule has 1 aliphatic carbocycles. The van der Waals surface area contributed by atoms with Crippen molar-refractivity contribution in [3.05, 3.63) is 11.6 Å². The van der Waals surface area contributed by atoms with E-state index >= 15 is 0 Å². The Morgan fingerprint density at radius 3 is 2.10 bits per heavy atom. The van der Waals surface area contributed by atoms with E-state index < -0.39 is 22.0 Å². The smallest absolute Gasteiger partial charge is 0.226 e. The molecule has 2 radical (unpaired) electrons. The maximum absolute atomic E-state index is 13.5. The Morgan fingerprint density at radius 1 is 0.805 bits per heavy atom. The first kappa shape index (κ1) is 29.4. The van der Waals surface area contributed by atoms with Crippen molar-refractivity contribution in [1.29, 1.82) is 0 Å². The second kappa shape index (κ2) is 9.68. The summed E-state index contributed by atoms with van der Waals surface area (Å²) in [5, 5.41) is 7.49. The zero-order valence-corrected chi connectivity index (χ0v) is 27.0. The molecule has 4 bridgehead atoms. The first-order valence-corrected chi connectivity index (χ1v) is 16.5. The summed E-state index contributed by atoms with van der Waals surface area (Å²) < 4.78 is 0. The molecule has 5 heterocycles. The van der Waals surface area contributed by atoms with Crippen LogP contribution in [0.3, 0.4) is 0 Å². The molecule has 3 unspecified atom stereocenters. The first-order valence-electron chi connectivity index (χ1n) is 16.5. The molecule has 1 saturated carbocycles. The molecule has 1 aromatic rings. The Labute approximate surface area is 248 Å². The fourth-order valence-electron chi connectivity index (χ4n) is 10.1. The Hall–Kier alpha value is -1.64. The highest BCUT2D eigenvalue weighted by Gasteiger charge is 2.76. The van der Waals surface area contributed by atoms with Crippen LogP contribution in [0.25, 0.3) is 0 Å². The Bertz CT molecular complexity index is 1180. The summed E-state index contributed by atoms with van der Waals surface area (Å²) in [5.41, 5.74) is 11.3. The molecule has 3 atom stereocenters. The van der Waals surface area contributed by atoms with E-state index in [0.717, 1.165) is 69.4 Å². The standard InChI is InChI=1S/C33H54N8/c1-28(2)20-23(21-29(3,4)40-28)35-24-30(5,6)41-19-15-10-9-14-18-32(31(41,7)8)25-37-26(33(24,32)34)39-27(38-25)36-22-16-12-11-13-17-22/h22-23,40H,9-21H2,1-8H3,(H,36,37,38,39). The van der Waals surface area contributed by atoms with E-state index in [1.54, 1.807) is 0 Å². The zero-order chi connectivity index (χ0) is 29.5.